The van der Waals surface area contributed by atoms with Crippen molar-refractivity contribution in [2.45, 2.75) is 25.5 Å². The van der Waals surface area contributed by atoms with Gasteiger partial charge in [0.2, 0.25) is 0 Å². The molecular weight excluding hydrogens is 310 g/mol. The Balaban J connectivity index is 2.17. The number of hydrogen-bond donors (Lipinski definition) is 0. The highest BCUT2D eigenvalue weighted by Gasteiger charge is 2.18. The van der Waals surface area contributed by atoms with Gasteiger partial charge in [-0.1, -0.05) is 24.3 Å². The van der Waals surface area contributed by atoms with Crippen molar-refractivity contribution < 1.29 is 13.7 Å². The molecule has 4 nitrogen and oxygen atoms in total. The largest absolute Gasteiger partial charge is 0.493 e. The lowest BCUT2D eigenvalue weighted by molar-refractivity contribution is 0.379. The van der Waals surface area contributed by atoms with Crippen LogP contribution in [0.25, 0.3) is 0 Å². The maximum atomic E-state index is 12.0. The minimum Gasteiger partial charge on any atom is -0.493 e. The Morgan fingerprint density at radius 2 is 1.74 bits per heavy atom. The number of nitrogens with zero attached hydrogens (tertiary/aromatic N) is 1. The van der Waals surface area contributed by atoms with E-state index in [0.29, 0.717) is 17.2 Å². The van der Waals surface area contributed by atoms with Crippen molar-refractivity contribution in [2.75, 3.05) is 7.11 Å². The zero-order valence-corrected chi connectivity index (χ0v) is 14.6. The van der Waals surface area contributed by atoms with Crippen LogP contribution in [-0.2, 0) is 11.0 Å². The van der Waals surface area contributed by atoms with E-state index in [2.05, 4.69) is 4.40 Å². The van der Waals surface area contributed by atoms with Crippen molar-refractivity contribution >= 4 is 17.2 Å². The Hall–Kier alpha value is -2.14. The molecular formula is C18H21NO3S. The van der Waals surface area contributed by atoms with Crippen LogP contribution in [-0.4, -0.2) is 22.3 Å². The van der Waals surface area contributed by atoms with Crippen LogP contribution < -0.4 is 9.47 Å². The molecule has 2 aromatic rings. The van der Waals surface area contributed by atoms with E-state index in [1.54, 1.807) is 13.3 Å². The van der Waals surface area contributed by atoms with Gasteiger partial charge >= 0.3 is 0 Å². The average Bonchev–Trinajstić information content (AvgIpc) is 2.52. The summed E-state index contributed by atoms with van der Waals surface area (Å²) in [6.07, 6.45) is 1.61. The Kier molecular flexibility index (Phi) is 5.55. The van der Waals surface area contributed by atoms with Crippen LogP contribution in [0.5, 0.6) is 17.2 Å². The van der Waals surface area contributed by atoms with Crippen LogP contribution >= 0.6 is 0 Å². The van der Waals surface area contributed by atoms with Gasteiger partial charge in [0.05, 0.1) is 11.9 Å². The highest BCUT2D eigenvalue weighted by atomic mass is 32.2. The van der Waals surface area contributed by atoms with Crippen molar-refractivity contribution in [3.63, 3.8) is 0 Å². The van der Waals surface area contributed by atoms with Gasteiger partial charge in [0, 0.05) is 6.21 Å². The van der Waals surface area contributed by atoms with Crippen LogP contribution in [0.2, 0.25) is 0 Å². The zero-order valence-electron chi connectivity index (χ0n) is 13.8. The van der Waals surface area contributed by atoms with Crippen molar-refractivity contribution in [2.24, 2.45) is 4.40 Å². The summed E-state index contributed by atoms with van der Waals surface area (Å²) >= 11 is 0. The van der Waals surface area contributed by atoms with Gasteiger partial charge in [-0.2, -0.15) is 4.40 Å². The minimum atomic E-state index is -1.28. The summed E-state index contributed by atoms with van der Waals surface area (Å²) in [7, 11) is 0.325. The van der Waals surface area contributed by atoms with E-state index in [4.69, 9.17) is 9.47 Å². The van der Waals surface area contributed by atoms with Gasteiger partial charge in [-0.15, -0.1) is 0 Å². The Morgan fingerprint density at radius 1 is 1.04 bits per heavy atom. The highest BCUT2D eigenvalue weighted by molar-refractivity contribution is 7.85. The van der Waals surface area contributed by atoms with Gasteiger partial charge in [-0.3, -0.25) is 0 Å². The molecule has 23 heavy (non-hydrogen) atoms. The van der Waals surface area contributed by atoms with Crippen LogP contribution in [0.4, 0.5) is 0 Å². The highest BCUT2D eigenvalue weighted by Crippen LogP contribution is 2.31. The lowest BCUT2D eigenvalue weighted by Gasteiger charge is -2.13. The van der Waals surface area contributed by atoms with Crippen LogP contribution in [0.1, 0.15) is 26.3 Å². The number of ether oxygens (including phenoxy) is 2. The van der Waals surface area contributed by atoms with Gasteiger partial charge in [0.15, 0.2) is 11.5 Å². The smallest absolute Gasteiger partial charge is 0.169 e. The fourth-order valence-corrected chi connectivity index (χ4v) is 2.29. The van der Waals surface area contributed by atoms with E-state index in [9.17, 15) is 4.21 Å². The van der Waals surface area contributed by atoms with Crippen molar-refractivity contribution in [1.29, 1.82) is 0 Å². The molecule has 0 saturated carbocycles. The lowest BCUT2D eigenvalue weighted by atomic mass is 10.2. The first-order valence-corrected chi connectivity index (χ1v) is 8.38. The Labute approximate surface area is 139 Å². The molecule has 0 N–H and O–H groups in total. The zero-order chi connectivity index (χ0) is 16.9. The summed E-state index contributed by atoms with van der Waals surface area (Å²) in [4.78, 5) is 0. The molecule has 1 unspecified atom stereocenters. The molecule has 0 aromatic heterocycles. The van der Waals surface area contributed by atoms with Gasteiger partial charge in [-0.25, -0.2) is 4.21 Å². The van der Waals surface area contributed by atoms with Gasteiger partial charge in [-0.05, 0) is 50.6 Å². The van der Waals surface area contributed by atoms with E-state index < -0.39 is 11.0 Å². The van der Waals surface area contributed by atoms with Crippen LogP contribution in [0.15, 0.2) is 52.9 Å². The number of methoxy groups -OCH3 is 1. The van der Waals surface area contributed by atoms with Crippen LogP contribution in [0.3, 0.4) is 0 Å². The van der Waals surface area contributed by atoms with Gasteiger partial charge in [0.1, 0.15) is 16.7 Å². The van der Waals surface area contributed by atoms with Crippen molar-refractivity contribution in [3.05, 3.63) is 54.1 Å². The summed E-state index contributed by atoms with van der Waals surface area (Å²) in [5.41, 5.74) is 0.829. The third-order valence-electron chi connectivity index (χ3n) is 2.98. The predicted octanol–water partition coefficient (Wildman–Crippen LogP) is 4.37. The quantitative estimate of drug-likeness (QED) is 0.764. The molecule has 0 amide bonds. The van der Waals surface area contributed by atoms with E-state index in [-0.39, 0.29) is 4.75 Å². The van der Waals surface area contributed by atoms with Gasteiger partial charge < -0.3 is 9.47 Å². The number of para-hydroxylation sites is 2. The molecule has 2 aromatic carbocycles. The molecule has 5 heteroatoms. The first kappa shape index (κ1) is 17.2. The molecule has 122 valence electrons. The molecule has 0 aliphatic rings. The van der Waals surface area contributed by atoms with Gasteiger partial charge in [0.25, 0.3) is 0 Å². The monoisotopic (exact) mass is 331 g/mol. The second-order valence-electron chi connectivity index (χ2n) is 5.92. The van der Waals surface area contributed by atoms with Crippen molar-refractivity contribution in [1.82, 2.24) is 0 Å². The molecule has 0 saturated heterocycles. The molecule has 0 spiro atoms. The summed E-state index contributed by atoms with van der Waals surface area (Å²) in [5, 5.41) is 0. The van der Waals surface area contributed by atoms with E-state index in [1.807, 2.05) is 69.3 Å². The molecule has 0 aliphatic carbocycles. The number of benzene rings is 2. The third-order valence-corrected chi connectivity index (χ3v) is 4.32. The Bertz CT molecular complexity index is 720. The molecule has 0 heterocycles. The fraction of sp³-hybridized carbons (Fsp3) is 0.278. The maximum absolute atomic E-state index is 12.0. The SMILES string of the molecule is COc1ccccc1Oc1cccc(C=NS(=O)C(C)(C)C)c1. The average molecular weight is 331 g/mol. The molecule has 0 radical (unpaired) electrons. The topological polar surface area (TPSA) is 47.9 Å². The molecule has 2 rings (SSSR count). The standard InChI is InChI=1S/C18H21NO3S/c1-18(2,3)23(20)19-13-14-8-7-9-15(12-14)22-17-11-6-5-10-16(17)21-4/h5-13H,1-4H3. The Morgan fingerprint density at radius 3 is 2.39 bits per heavy atom. The van der Waals surface area contributed by atoms with E-state index >= 15 is 0 Å². The first-order chi connectivity index (χ1) is 10.9. The number of rotatable bonds is 5. The normalized spacial score (nSPS) is 13.0. The molecule has 0 fully saturated rings. The minimum absolute atomic E-state index is 0.373. The molecule has 1 atom stereocenters. The first-order valence-electron chi connectivity index (χ1n) is 7.27. The molecule has 0 aliphatic heterocycles. The third kappa shape index (κ3) is 4.93. The second kappa shape index (κ2) is 7.42. The fourth-order valence-electron chi connectivity index (χ4n) is 1.76. The van der Waals surface area contributed by atoms with E-state index in [0.717, 1.165) is 5.56 Å². The van der Waals surface area contributed by atoms with Crippen molar-refractivity contribution in [3.8, 4) is 17.2 Å². The summed E-state index contributed by atoms with van der Waals surface area (Å²) in [6, 6.07) is 14.9. The summed E-state index contributed by atoms with van der Waals surface area (Å²) in [6.45, 7) is 5.67. The lowest BCUT2D eigenvalue weighted by Crippen LogP contribution is -2.19. The predicted molar refractivity (Wildman–Crippen MR) is 95.0 cm³/mol. The summed E-state index contributed by atoms with van der Waals surface area (Å²) < 4.78 is 26.8. The summed E-state index contributed by atoms with van der Waals surface area (Å²) in [5.74, 6) is 1.97. The molecule has 0 bridgehead atoms. The second-order valence-corrected chi connectivity index (χ2v) is 7.86. The number of hydrogen-bond acceptors (Lipinski definition) is 3. The maximum Gasteiger partial charge on any atom is 0.169 e. The van der Waals surface area contributed by atoms with E-state index in [1.165, 1.54) is 0 Å². The van der Waals surface area contributed by atoms with Crippen LogP contribution in [0, 0.1) is 0 Å².